The van der Waals surface area contributed by atoms with Gasteiger partial charge in [0.2, 0.25) is 0 Å². The van der Waals surface area contributed by atoms with Gasteiger partial charge < -0.3 is 10.5 Å². The third-order valence-corrected chi connectivity index (χ3v) is 1.73. The molecule has 1 saturated heterocycles. The molecule has 2 N–H and O–H groups in total. The molecule has 0 aromatic rings. The largest absolute Gasteiger partial charge is 0.419 e. The van der Waals surface area contributed by atoms with E-state index in [4.69, 9.17) is 0 Å². The van der Waals surface area contributed by atoms with Crippen molar-refractivity contribution in [1.29, 1.82) is 0 Å². The van der Waals surface area contributed by atoms with Gasteiger partial charge in [0.05, 0.1) is 0 Å². The topological polar surface area (TPSA) is 41.1 Å². The molecule has 3 nitrogen and oxygen atoms in total. The molecule has 10 heavy (non-hydrogen) atoms. The third-order valence-electron chi connectivity index (χ3n) is 1.73. The van der Waals surface area contributed by atoms with Gasteiger partial charge in [-0.05, 0) is 12.2 Å². The summed E-state index contributed by atoms with van der Waals surface area (Å²) in [7, 11) is 0.698. The molecule has 0 spiro atoms. The number of fused-ring (bicyclic) bond motifs is 1. The molecule has 1 atom stereocenters. The summed E-state index contributed by atoms with van der Waals surface area (Å²) < 4.78 is 0. The Morgan fingerprint density at radius 3 is 3.30 bits per heavy atom. The summed E-state index contributed by atoms with van der Waals surface area (Å²) in [4.78, 5) is 11.0. The van der Waals surface area contributed by atoms with Crippen LogP contribution in [0.25, 0.3) is 0 Å². The van der Waals surface area contributed by atoms with Crippen molar-refractivity contribution < 1.29 is 4.79 Å². The summed E-state index contributed by atoms with van der Waals surface area (Å²) in [5, 5.41) is 6.09. The van der Waals surface area contributed by atoms with Crippen LogP contribution in [0.15, 0.2) is 23.9 Å². The molecule has 0 bridgehead atoms. The monoisotopic (exact) mass is 134 g/mol. The second-order valence-electron chi connectivity index (χ2n) is 2.37. The van der Waals surface area contributed by atoms with Gasteiger partial charge in [0.15, 0.2) is 5.78 Å². The Balaban J connectivity index is 2.33. The number of carbonyl (C=O) groups excluding carboxylic acids is 1. The molecular formula is C6H7BN2O. The maximum absolute atomic E-state index is 11.0. The van der Waals surface area contributed by atoms with E-state index in [1.54, 1.807) is 12.2 Å². The Morgan fingerprint density at radius 2 is 2.50 bits per heavy atom. The molecule has 1 aliphatic heterocycles. The summed E-state index contributed by atoms with van der Waals surface area (Å²) in [6, 6.07) is -0.0926. The molecule has 1 aliphatic carbocycles. The summed E-state index contributed by atoms with van der Waals surface area (Å²) in [5.41, 5.74) is 0.993. The first-order valence-electron chi connectivity index (χ1n) is 3.27. The highest BCUT2D eigenvalue weighted by atomic mass is 16.1. The van der Waals surface area contributed by atoms with E-state index in [9.17, 15) is 4.79 Å². The highest BCUT2D eigenvalue weighted by Crippen LogP contribution is 2.09. The Bertz CT molecular complexity index is 234. The maximum atomic E-state index is 11.0. The van der Waals surface area contributed by atoms with Gasteiger partial charge in [-0.15, -0.1) is 0 Å². The minimum Gasteiger partial charge on any atom is -0.419 e. The second-order valence-corrected chi connectivity index (χ2v) is 2.37. The van der Waals surface area contributed by atoms with E-state index < -0.39 is 0 Å². The first-order valence-corrected chi connectivity index (χ1v) is 3.27. The van der Waals surface area contributed by atoms with Crippen molar-refractivity contribution >= 4 is 13.3 Å². The van der Waals surface area contributed by atoms with Crippen LogP contribution in [-0.2, 0) is 4.79 Å². The molecule has 1 unspecified atom stereocenters. The van der Waals surface area contributed by atoms with E-state index in [1.165, 1.54) is 0 Å². The van der Waals surface area contributed by atoms with Crippen molar-refractivity contribution in [2.45, 2.75) is 6.04 Å². The van der Waals surface area contributed by atoms with Gasteiger partial charge in [-0.3, -0.25) is 4.79 Å². The Kier molecular flexibility index (Phi) is 1.14. The van der Waals surface area contributed by atoms with Gasteiger partial charge in [0.1, 0.15) is 6.04 Å². The molecule has 0 aromatic carbocycles. The van der Waals surface area contributed by atoms with E-state index in [1.807, 2.05) is 6.08 Å². The molecule has 0 saturated carbocycles. The summed E-state index contributed by atoms with van der Waals surface area (Å²) >= 11 is 0. The molecule has 2 aliphatic rings. The highest BCUT2D eigenvalue weighted by Gasteiger charge is 2.26. The Morgan fingerprint density at radius 1 is 1.60 bits per heavy atom. The van der Waals surface area contributed by atoms with E-state index in [-0.39, 0.29) is 11.8 Å². The summed E-state index contributed by atoms with van der Waals surface area (Å²) in [5.74, 6) is 0.141. The lowest BCUT2D eigenvalue weighted by molar-refractivity contribution is -0.115. The van der Waals surface area contributed by atoms with Crippen LogP contribution in [0, 0.1) is 0 Å². The molecular weight excluding hydrogens is 127 g/mol. The lowest BCUT2D eigenvalue weighted by atomic mass is 10.1. The van der Waals surface area contributed by atoms with Crippen LogP contribution in [0.3, 0.4) is 0 Å². The van der Waals surface area contributed by atoms with Crippen molar-refractivity contribution in [3.8, 4) is 0 Å². The fourth-order valence-corrected chi connectivity index (χ4v) is 1.22. The predicted molar refractivity (Wildman–Crippen MR) is 39.4 cm³/mol. The lowest BCUT2D eigenvalue weighted by Crippen LogP contribution is -2.32. The standard InChI is InChI=1S/C6H7BN2O/c10-5-3-1-2-4-6(5)9-7-8-4/h1-3,6-9H. The van der Waals surface area contributed by atoms with Gasteiger partial charge in [0, 0.05) is 5.70 Å². The number of ketones is 1. The van der Waals surface area contributed by atoms with Gasteiger partial charge >= 0.3 is 7.55 Å². The van der Waals surface area contributed by atoms with Crippen LogP contribution in [-0.4, -0.2) is 19.4 Å². The zero-order chi connectivity index (χ0) is 6.97. The van der Waals surface area contributed by atoms with Crippen LogP contribution < -0.4 is 10.5 Å². The zero-order valence-corrected chi connectivity index (χ0v) is 5.42. The Labute approximate surface area is 59.5 Å². The molecule has 2 rings (SSSR count). The quantitative estimate of drug-likeness (QED) is 0.410. The molecule has 0 aromatic heterocycles. The van der Waals surface area contributed by atoms with Crippen molar-refractivity contribution in [2.24, 2.45) is 0 Å². The number of rotatable bonds is 0. The van der Waals surface area contributed by atoms with Crippen molar-refractivity contribution in [2.75, 3.05) is 0 Å². The predicted octanol–water partition coefficient (Wildman–Crippen LogP) is -1.16. The van der Waals surface area contributed by atoms with Crippen LogP contribution in [0.5, 0.6) is 0 Å². The molecule has 0 radical (unpaired) electrons. The fraction of sp³-hybridized carbons (Fsp3) is 0.167. The van der Waals surface area contributed by atoms with Crippen molar-refractivity contribution in [3.05, 3.63) is 23.9 Å². The number of carbonyl (C=O) groups is 1. The van der Waals surface area contributed by atoms with Gasteiger partial charge in [-0.1, -0.05) is 6.08 Å². The summed E-state index contributed by atoms with van der Waals surface area (Å²) in [6.07, 6.45) is 5.29. The SMILES string of the molecule is O=C1C=CC=C2NBNC12. The molecule has 4 heteroatoms. The maximum Gasteiger partial charge on any atom is 0.319 e. The van der Waals surface area contributed by atoms with Crippen molar-refractivity contribution in [1.82, 2.24) is 10.5 Å². The molecule has 1 fully saturated rings. The van der Waals surface area contributed by atoms with Crippen LogP contribution >= 0.6 is 0 Å². The van der Waals surface area contributed by atoms with Gasteiger partial charge in [-0.2, -0.15) is 0 Å². The smallest absolute Gasteiger partial charge is 0.319 e. The number of hydrogen-bond donors (Lipinski definition) is 2. The van der Waals surface area contributed by atoms with E-state index >= 15 is 0 Å². The number of allylic oxidation sites excluding steroid dienone is 2. The second kappa shape index (κ2) is 1.99. The van der Waals surface area contributed by atoms with Crippen LogP contribution in [0.4, 0.5) is 0 Å². The summed E-state index contributed by atoms with van der Waals surface area (Å²) in [6.45, 7) is 0. The van der Waals surface area contributed by atoms with E-state index in [0.717, 1.165) is 5.70 Å². The fourth-order valence-electron chi connectivity index (χ4n) is 1.22. The van der Waals surface area contributed by atoms with Gasteiger partial charge in [0.25, 0.3) is 0 Å². The van der Waals surface area contributed by atoms with Crippen LogP contribution in [0.2, 0.25) is 0 Å². The highest BCUT2D eigenvalue weighted by molar-refractivity contribution is 6.33. The average Bonchev–Trinajstić information content (AvgIpc) is 2.36. The van der Waals surface area contributed by atoms with E-state index in [0.29, 0.717) is 7.55 Å². The third kappa shape index (κ3) is 0.692. The normalized spacial score (nSPS) is 28.6. The first-order chi connectivity index (χ1) is 4.88. The molecule has 1 heterocycles. The molecule has 0 amide bonds. The average molecular weight is 134 g/mol. The Hall–Kier alpha value is -1.03. The molecule has 50 valence electrons. The zero-order valence-electron chi connectivity index (χ0n) is 5.42. The lowest BCUT2D eigenvalue weighted by Gasteiger charge is -2.10. The number of nitrogens with one attached hydrogen (secondary N) is 2. The van der Waals surface area contributed by atoms with Crippen molar-refractivity contribution in [3.63, 3.8) is 0 Å². The first kappa shape index (κ1) is 5.74. The number of hydrogen-bond acceptors (Lipinski definition) is 3. The van der Waals surface area contributed by atoms with E-state index in [2.05, 4.69) is 10.5 Å². The van der Waals surface area contributed by atoms with Crippen LogP contribution in [0.1, 0.15) is 0 Å². The minimum absolute atomic E-state index is 0.0926. The minimum atomic E-state index is -0.0926. The van der Waals surface area contributed by atoms with Gasteiger partial charge in [-0.25, -0.2) is 0 Å².